The zero-order valence-electron chi connectivity index (χ0n) is 16.9. The number of nitrogens with one attached hydrogen (secondary N) is 1. The maximum absolute atomic E-state index is 12.8. The Kier molecular flexibility index (Phi) is 4.69. The van der Waals surface area contributed by atoms with Crippen molar-refractivity contribution in [1.29, 1.82) is 0 Å². The molecular weight excluding hydrogens is 386 g/mol. The number of aromatic nitrogens is 5. The fourth-order valence-corrected chi connectivity index (χ4v) is 3.32. The largest absolute Gasteiger partial charge is 0.316 e. The van der Waals surface area contributed by atoms with Gasteiger partial charge in [-0.1, -0.05) is 19.9 Å². The summed E-state index contributed by atoms with van der Waals surface area (Å²) in [5.74, 6) is 0.347. The van der Waals surface area contributed by atoms with E-state index in [9.17, 15) is 14.4 Å². The second-order valence-corrected chi connectivity index (χ2v) is 7.80. The van der Waals surface area contributed by atoms with Crippen LogP contribution in [0, 0.1) is 5.41 Å². The van der Waals surface area contributed by atoms with Crippen LogP contribution in [0.1, 0.15) is 41.1 Å². The average molecular weight is 407 g/mol. The predicted octanol–water partition coefficient (Wildman–Crippen LogP) is 1.83. The Morgan fingerprint density at radius 2 is 2.07 bits per heavy atom. The number of anilines is 2. The molecule has 0 unspecified atom stereocenters. The molecule has 0 aliphatic carbocycles. The molecule has 154 valence electrons. The van der Waals surface area contributed by atoms with E-state index in [2.05, 4.69) is 20.5 Å². The number of carbonyl (C=O) groups excluding carboxylic acids is 3. The minimum absolute atomic E-state index is 0.0264. The van der Waals surface area contributed by atoms with Gasteiger partial charge in [0.1, 0.15) is 11.4 Å². The Labute approximate surface area is 172 Å². The number of aryl methyl sites for hydroxylation is 1. The number of pyridine rings is 1. The number of hydrogen-bond acceptors (Lipinski definition) is 6. The predicted molar refractivity (Wildman–Crippen MR) is 109 cm³/mol. The van der Waals surface area contributed by atoms with Gasteiger partial charge in [-0.25, -0.2) is 9.67 Å². The minimum atomic E-state index is -0.460. The Balaban J connectivity index is 1.59. The van der Waals surface area contributed by atoms with E-state index in [4.69, 9.17) is 0 Å². The van der Waals surface area contributed by atoms with E-state index in [1.165, 1.54) is 17.1 Å². The van der Waals surface area contributed by atoms with Crippen molar-refractivity contribution < 1.29 is 14.4 Å². The summed E-state index contributed by atoms with van der Waals surface area (Å²) in [5, 5.41) is 11.2. The van der Waals surface area contributed by atoms with E-state index in [0.717, 1.165) is 0 Å². The minimum Gasteiger partial charge on any atom is -0.316 e. The van der Waals surface area contributed by atoms with Crippen LogP contribution >= 0.6 is 0 Å². The summed E-state index contributed by atoms with van der Waals surface area (Å²) in [5.41, 5.74) is 0.546. The molecule has 1 aliphatic heterocycles. The number of rotatable bonds is 5. The number of nitrogens with zero attached hydrogens (tertiary/aromatic N) is 6. The first-order chi connectivity index (χ1) is 14.3. The third-order valence-electron chi connectivity index (χ3n) is 5.04. The van der Waals surface area contributed by atoms with Crippen LogP contribution in [0.2, 0.25) is 0 Å². The van der Waals surface area contributed by atoms with Gasteiger partial charge in [-0.05, 0) is 18.6 Å². The SMILES string of the molecule is Cn1cc(NC(=O)c2cccc(-n3cc(C=O)cn3)n2)c(N2CCC(C)(C)C2=O)n1. The van der Waals surface area contributed by atoms with Crippen LogP contribution in [-0.2, 0) is 11.8 Å². The molecule has 4 heterocycles. The van der Waals surface area contributed by atoms with Crippen molar-refractivity contribution in [2.75, 3.05) is 16.8 Å². The number of hydrogen-bond donors (Lipinski definition) is 1. The molecule has 1 N–H and O–H groups in total. The molecule has 3 aromatic heterocycles. The molecule has 30 heavy (non-hydrogen) atoms. The molecule has 10 nitrogen and oxygen atoms in total. The molecule has 4 rings (SSSR count). The summed E-state index contributed by atoms with van der Waals surface area (Å²) < 4.78 is 2.97. The third-order valence-corrected chi connectivity index (χ3v) is 5.04. The van der Waals surface area contributed by atoms with Crippen LogP contribution in [0.3, 0.4) is 0 Å². The molecule has 1 fully saturated rings. The lowest BCUT2D eigenvalue weighted by Gasteiger charge is -2.18. The van der Waals surface area contributed by atoms with Gasteiger partial charge in [0.25, 0.3) is 5.91 Å². The summed E-state index contributed by atoms with van der Waals surface area (Å²) >= 11 is 0. The number of carbonyl (C=O) groups is 3. The van der Waals surface area contributed by atoms with E-state index < -0.39 is 11.3 Å². The normalized spacial score (nSPS) is 15.4. The van der Waals surface area contributed by atoms with Crippen LogP contribution < -0.4 is 10.2 Å². The van der Waals surface area contributed by atoms with Gasteiger partial charge in [-0.15, -0.1) is 0 Å². The van der Waals surface area contributed by atoms with Crippen LogP contribution in [0.15, 0.2) is 36.8 Å². The van der Waals surface area contributed by atoms with Crippen LogP contribution in [0.4, 0.5) is 11.5 Å². The number of amides is 2. The molecule has 2 amide bonds. The molecule has 10 heteroatoms. The third kappa shape index (κ3) is 3.47. The van der Waals surface area contributed by atoms with Gasteiger partial charge in [-0.2, -0.15) is 10.2 Å². The first-order valence-electron chi connectivity index (χ1n) is 9.43. The van der Waals surface area contributed by atoms with E-state index in [0.29, 0.717) is 42.1 Å². The summed E-state index contributed by atoms with van der Waals surface area (Å²) in [6.45, 7) is 4.34. The zero-order chi connectivity index (χ0) is 21.5. The van der Waals surface area contributed by atoms with E-state index in [1.807, 2.05) is 13.8 Å². The van der Waals surface area contributed by atoms with Crippen molar-refractivity contribution in [3.05, 3.63) is 48.0 Å². The topological polar surface area (TPSA) is 115 Å². The van der Waals surface area contributed by atoms with Gasteiger partial charge in [0.15, 0.2) is 17.9 Å². The van der Waals surface area contributed by atoms with Crippen molar-refractivity contribution in [1.82, 2.24) is 24.5 Å². The van der Waals surface area contributed by atoms with Gasteiger partial charge >= 0.3 is 0 Å². The summed E-state index contributed by atoms with van der Waals surface area (Å²) in [7, 11) is 1.73. The van der Waals surface area contributed by atoms with Gasteiger partial charge < -0.3 is 5.32 Å². The lowest BCUT2D eigenvalue weighted by molar-refractivity contribution is -0.124. The second-order valence-electron chi connectivity index (χ2n) is 7.80. The van der Waals surface area contributed by atoms with Crippen molar-refractivity contribution >= 4 is 29.6 Å². The van der Waals surface area contributed by atoms with Crippen molar-refractivity contribution in [2.45, 2.75) is 20.3 Å². The first kappa shape index (κ1) is 19.5. The molecular formula is C20H21N7O3. The fourth-order valence-electron chi connectivity index (χ4n) is 3.32. The van der Waals surface area contributed by atoms with Crippen LogP contribution in [0.25, 0.3) is 5.82 Å². The molecule has 1 aliphatic rings. The monoisotopic (exact) mass is 407 g/mol. The Morgan fingerprint density at radius 1 is 1.27 bits per heavy atom. The average Bonchev–Trinajstić information content (AvgIpc) is 3.41. The Morgan fingerprint density at radius 3 is 2.73 bits per heavy atom. The molecule has 1 saturated heterocycles. The van der Waals surface area contributed by atoms with Gasteiger partial charge in [0.2, 0.25) is 5.91 Å². The number of aldehydes is 1. The van der Waals surface area contributed by atoms with Gasteiger partial charge in [-0.3, -0.25) is 24.0 Å². The molecule has 0 aromatic carbocycles. The van der Waals surface area contributed by atoms with E-state index >= 15 is 0 Å². The highest BCUT2D eigenvalue weighted by atomic mass is 16.2. The second kappa shape index (κ2) is 7.21. The van der Waals surface area contributed by atoms with Crippen LogP contribution in [0.5, 0.6) is 0 Å². The highest BCUT2D eigenvalue weighted by Gasteiger charge is 2.41. The smallest absolute Gasteiger partial charge is 0.274 e. The zero-order valence-corrected chi connectivity index (χ0v) is 16.9. The van der Waals surface area contributed by atoms with Gasteiger partial charge in [0, 0.05) is 25.2 Å². The summed E-state index contributed by atoms with van der Waals surface area (Å²) in [6.07, 6.45) is 5.99. The standard InChI is InChI=1S/C20H21N7O3/c1-20(2)7-8-26(19(20)30)17-15(11-25(3)24-17)23-18(29)14-5-4-6-16(22-14)27-10-13(12-28)9-21-27/h4-6,9-12H,7-8H2,1-3H3,(H,23,29). The lowest BCUT2D eigenvalue weighted by Crippen LogP contribution is -2.32. The maximum Gasteiger partial charge on any atom is 0.274 e. The van der Waals surface area contributed by atoms with Crippen molar-refractivity contribution in [2.24, 2.45) is 12.5 Å². The fraction of sp³-hybridized carbons (Fsp3) is 0.300. The molecule has 0 saturated carbocycles. The van der Waals surface area contributed by atoms with E-state index in [1.54, 1.807) is 41.0 Å². The first-order valence-corrected chi connectivity index (χ1v) is 9.43. The molecule has 0 bridgehead atoms. The Bertz CT molecular complexity index is 1140. The van der Waals surface area contributed by atoms with Crippen molar-refractivity contribution in [3.63, 3.8) is 0 Å². The summed E-state index contributed by atoms with van der Waals surface area (Å²) in [6, 6.07) is 4.93. The summed E-state index contributed by atoms with van der Waals surface area (Å²) in [4.78, 5) is 42.3. The van der Waals surface area contributed by atoms with Crippen molar-refractivity contribution in [3.8, 4) is 5.82 Å². The van der Waals surface area contributed by atoms with E-state index in [-0.39, 0.29) is 11.6 Å². The molecule has 0 spiro atoms. The Hall–Kier alpha value is -3.82. The van der Waals surface area contributed by atoms with Crippen LogP contribution in [-0.4, -0.2) is 49.2 Å². The molecule has 0 radical (unpaired) electrons. The highest BCUT2D eigenvalue weighted by Crippen LogP contribution is 2.36. The highest BCUT2D eigenvalue weighted by molar-refractivity contribution is 6.07. The lowest BCUT2D eigenvalue weighted by atomic mass is 9.92. The molecule has 3 aromatic rings. The quantitative estimate of drug-likeness (QED) is 0.645. The van der Waals surface area contributed by atoms with Gasteiger partial charge in [0.05, 0.1) is 18.0 Å². The molecule has 0 atom stereocenters. The maximum atomic E-state index is 12.8.